The van der Waals surface area contributed by atoms with Crippen LogP contribution in [0.2, 0.25) is 0 Å². The third-order valence-corrected chi connectivity index (χ3v) is 4.22. The number of benzene rings is 1. The highest BCUT2D eigenvalue weighted by Crippen LogP contribution is 2.24. The van der Waals surface area contributed by atoms with Crippen molar-refractivity contribution in [3.8, 4) is 10.6 Å². The fraction of sp³-hybridized carbons (Fsp3) is 0.375. The molecule has 0 fully saturated rings. The van der Waals surface area contributed by atoms with Gasteiger partial charge in [-0.25, -0.2) is 4.98 Å². The largest absolute Gasteiger partial charge is 0.481 e. The summed E-state index contributed by atoms with van der Waals surface area (Å²) in [6.45, 7) is 5.39. The first-order valence-electron chi connectivity index (χ1n) is 7.02. The predicted octanol–water partition coefficient (Wildman–Crippen LogP) is 3.50. The normalized spacial score (nSPS) is 11.2. The summed E-state index contributed by atoms with van der Waals surface area (Å²) in [6.07, 6.45) is 0.161. The Bertz CT molecular complexity index is 581. The van der Waals surface area contributed by atoms with Gasteiger partial charge in [0.1, 0.15) is 5.01 Å². The first-order valence-corrected chi connectivity index (χ1v) is 7.90. The Morgan fingerprint density at radius 3 is 2.67 bits per heavy atom. The van der Waals surface area contributed by atoms with E-state index in [9.17, 15) is 4.79 Å². The summed E-state index contributed by atoms with van der Waals surface area (Å²) in [7, 11) is 0. The van der Waals surface area contributed by atoms with Gasteiger partial charge in [0, 0.05) is 30.1 Å². The zero-order chi connectivity index (χ0) is 15.2. The van der Waals surface area contributed by atoms with Gasteiger partial charge in [-0.2, -0.15) is 0 Å². The predicted molar refractivity (Wildman–Crippen MR) is 85.3 cm³/mol. The van der Waals surface area contributed by atoms with Crippen molar-refractivity contribution in [1.29, 1.82) is 0 Å². The number of hydrogen-bond acceptors (Lipinski definition) is 4. The van der Waals surface area contributed by atoms with Crippen LogP contribution in [-0.2, 0) is 11.3 Å². The molecule has 1 heterocycles. The number of hydrogen-bond donors (Lipinski definition) is 1. The van der Waals surface area contributed by atoms with E-state index in [1.807, 2.05) is 30.3 Å². The highest BCUT2D eigenvalue weighted by molar-refractivity contribution is 7.13. The van der Waals surface area contributed by atoms with Crippen molar-refractivity contribution in [1.82, 2.24) is 9.88 Å². The molecule has 0 amide bonds. The van der Waals surface area contributed by atoms with E-state index >= 15 is 0 Å². The van der Waals surface area contributed by atoms with Crippen LogP contribution in [0.5, 0.6) is 0 Å². The van der Waals surface area contributed by atoms with Crippen molar-refractivity contribution >= 4 is 17.3 Å². The minimum atomic E-state index is -0.760. The Morgan fingerprint density at radius 2 is 2.05 bits per heavy atom. The third kappa shape index (κ3) is 4.65. The Labute approximate surface area is 129 Å². The lowest BCUT2D eigenvalue weighted by Crippen LogP contribution is -2.32. The maximum absolute atomic E-state index is 10.7. The van der Waals surface area contributed by atoms with Crippen molar-refractivity contribution in [2.24, 2.45) is 0 Å². The summed E-state index contributed by atoms with van der Waals surface area (Å²) in [5, 5.41) is 11.9. The van der Waals surface area contributed by atoms with Gasteiger partial charge in [-0.3, -0.25) is 9.69 Å². The van der Waals surface area contributed by atoms with Crippen LogP contribution in [0.4, 0.5) is 0 Å². The van der Waals surface area contributed by atoms with Gasteiger partial charge < -0.3 is 5.11 Å². The molecule has 0 spiro atoms. The Hall–Kier alpha value is -1.72. The fourth-order valence-corrected chi connectivity index (χ4v) is 2.88. The minimum Gasteiger partial charge on any atom is -0.481 e. The quantitative estimate of drug-likeness (QED) is 0.850. The molecule has 1 aromatic heterocycles. The molecule has 0 aliphatic heterocycles. The van der Waals surface area contributed by atoms with Crippen molar-refractivity contribution in [2.75, 3.05) is 6.54 Å². The molecule has 2 aromatic rings. The van der Waals surface area contributed by atoms with Gasteiger partial charge in [-0.1, -0.05) is 30.3 Å². The standard InChI is InChI=1S/C16H20N2O2S/c1-12(2)18(9-8-15(19)20)10-14-11-21-16(17-14)13-6-4-3-5-7-13/h3-7,11-12H,8-10H2,1-2H3,(H,19,20). The van der Waals surface area contributed by atoms with Crippen molar-refractivity contribution in [3.05, 3.63) is 41.4 Å². The van der Waals surface area contributed by atoms with Crippen LogP contribution in [0.25, 0.3) is 10.6 Å². The van der Waals surface area contributed by atoms with Crippen LogP contribution in [0, 0.1) is 0 Å². The van der Waals surface area contributed by atoms with E-state index in [1.165, 1.54) is 0 Å². The number of aromatic nitrogens is 1. The van der Waals surface area contributed by atoms with Crippen LogP contribution in [0.1, 0.15) is 26.0 Å². The summed E-state index contributed by atoms with van der Waals surface area (Å²) in [5.41, 5.74) is 2.12. The highest BCUT2D eigenvalue weighted by Gasteiger charge is 2.14. The Balaban J connectivity index is 2.04. The molecule has 0 unspecified atom stereocenters. The maximum atomic E-state index is 10.7. The molecule has 0 saturated carbocycles. The van der Waals surface area contributed by atoms with E-state index in [1.54, 1.807) is 11.3 Å². The topological polar surface area (TPSA) is 53.4 Å². The summed E-state index contributed by atoms with van der Waals surface area (Å²) in [6, 6.07) is 10.4. The van der Waals surface area contributed by atoms with Gasteiger partial charge in [-0.05, 0) is 13.8 Å². The molecule has 0 saturated heterocycles. The van der Waals surface area contributed by atoms with E-state index in [0.29, 0.717) is 19.1 Å². The first kappa shape index (κ1) is 15.7. The first-order chi connectivity index (χ1) is 10.1. The Kier molecular flexibility index (Phi) is 5.47. The molecule has 0 aliphatic carbocycles. The summed E-state index contributed by atoms with van der Waals surface area (Å²) < 4.78 is 0. The molecular formula is C16H20N2O2S. The number of carbonyl (C=O) groups is 1. The van der Waals surface area contributed by atoms with Crippen LogP contribution >= 0.6 is 11.3 Å². The van der Waals surface area contributed by atoms with Crippen molar-refractivity contribution in [2.45, 2.75) is 32.9 Å². The second-order valence-electron chi connectivity index (χ2n) is 5.22. The molecule has 5 heteroatoms. The molecule has 0 radical (unpaired) electrons. The van der Waals surface area contributed by atoms with E-state index in [4.69, 9.17) is 5.11 Å². The molecule has 2 rings (SSSR count). The van der Waals surface area contributed by atoms with Crippen LogP contribution < -0.4 is 0 Å². The average molecular weight is 304 g/mol. The second-order valence-corrected chi connectivity index (χ2v) is 6.08. The van der Waals surface area contributed by atoms with Gasteiger partial charge in [0.25, 0.3) is 0 Å². The molecule has 21 heavy (non-hydrogen) atoms. The number of nitrogens with zero attached hydrogens (tertiary/aromatic N) is 2. The lowest BCUT2D eigenvalue weighted by molar-refractivity contribution is -0.137. The molecule has 0 atom stereocenters. The SMILES string of the molecule is CC(C)N(CCC(=O)O)Cc1csc(-c2ccccc2)n1. The fourth-order valence-electron chi connectivity index (χ4n) is 2.06. The van der Waals surface area contributed by atoms with Crippen LogP contribution in [0.15, 0.2) is 35.7 Å². The number of rotatable bonds is 7. The van der Waals surface area contributed by atoms with Gasteiger partial charge in [0.15, 0.2) is 0 Å². The van der Waals surface area contributed by atoms with E-state index in [0.717, 1.165) is 16.3 Å². The molecule has 4 nitrogen and oxygen atoms in total. The third-order valence-electron chi connectivity index (χ3n) is 3.28. The van der Waals surface area contributed by atoms with Gasteiger partial charge in [-0.15, -0.1) is 11.3 Å². The summed E-state index contributed by atoms with van der Waals surface area (Å²) >= 11 is 1.63. The van der Waals surface area contributed by atoms with E-state index in [-0.39, 0.29) is 6.42 Å². The highest BCUT2D eigenvalue weighted by atomic mass is 32.1. The van der Waals surface area contributed by atoms with E-state index in [2.05, 4.69) is 29.1 Å². The zero-order valence-electron chi connectivity index (χ0n) is 12.3. The number of thiazole rings is 1. The summed E-state index contributed by atoms with van der Waals surface area (Å²) in [5.74, 6) is -0.760. The molecule has 1 aromatic carbocycles. The smallest absolute Gasteiger partial charge is 0.304 e. The van der Waals surface area contributed by atoms with Crippen molar-refractivity contribution in [3.63, 3.8) is 0 Å². The number of aliphatic carboxylic acids is 1. The molecule has 1 N–H and O–H groups in total. The van der Waals surface area contributed by atoms with Gasteiger partial charge in [0.05, 0.1) is 12.1 Å². The maximum Gasteiger partial charge on any atom is 0.304 e. The Morgan fingerprint density at radius 1 is 1.33 bits per heavy atom. The lowest BCUT2D eigenvalue weighted by atomic mass is 10.2. The molecular weight excluding hydrogens is 284 g/mol. The van der Waals surface area contributed by atoms with E-state index < -0.39 is 5.97 Å². The van der Waals surface area contributed by atoms with Gasteiger partial charge >= 0.3 is 5.97 Å². The number of carboxylic acid groups (broad SMARTS) is 1. The molecule has 0 aliphatic rings. The zero-order valence-corrected chi connectivity index (χ0v) is 13.1. The average Bonchev–Trinajstić information content (AvgIpc) is 2.92. The van der Waals surface area contributed by atoms with Crippen LogP contribution in [0.3, 0.4) is 0 Å². The molecule has 0 bridgehead atoms. The molecule has 112 valence electrons. The summed E-state index contributed by atoms with van der Waals surface area (Å²) in [4.78, 5) is 17.5. The second kappa shape index (κ2) is 7.33. The van der Waals surface area contributed by atoms with Crippen LogP contribution in [-0.4, -0.2) is 33.5 Å². The van der Waals surface area contributed by atoms with Gasteiger partial charge in [0.2, 0.25) is 0 Å². The number of carboxylic acids is 1. The van der Waals surface area contributed by atoms with Crippen molar-refractivity contribution < 1.29 is 9.90 Å². The lowest BCUT2D eigenvalue weighted by Gasteiger charge is -2.24. The monoisotopic (exact) mass is 304 g/mol. The minimum absolute atomic E-state index is 0.161.